The molecule has 0 saturated heterocycles. The van der Waals surface area contributed by atoms with Crippen molar-refractivity contribution in [2.24, 2.45) is 0 Å². The second-order valence-electron chi connectivity index (χ2n) is 7.60. The zero-order valence-electron chi connectivity index (χ0n) is 17.2. The molecule has 1 fully saturated rings. The van der Waals surface area contributed by atoms with Crippen LogP contribution in [0.25, 0.3) is 0 Å². The molecule has 7 nitrogen and oxygen atoms in total. The summed E-state index contributed by atoms with van der Waals surface area (Å²) in [5.41, 5.74) is 6.09. The molecule has 31 heavy (non-hydrogen) atoms. The maximum Gasteiger partial charge on any atom is 0.256 e. The third kappa shape index (κ3) is 7.30. The van der Waals surface area contributed by atoms with Crippen molar-refractivity contribution < 1.29 is 13.2 Å². The molecule has 0 heterocycles. The topological polar surface area (TPSA) is 99.3 Å². The van der Waals surface area contributed by atoms with Crippen molar-refractivity contribution >= 4 is 33.3 Å². The molecule has 2 aromatic rings. The predicted molar refractivity (Wildman–Crippen MR) is 125 cm³/mol. The molecular formula is C22H28N4O3S2. The highest BCUT2D eigenvalue weighted by atomic mass is 32.2. The molecule has 166 valence electrons. The fourth-order valence-electron chi connectivity index (χ4n) is 3.57. The zero-order valence-corrected chi connectivity index (χ0v) is 18.8. The average Bonchev–Trinajstić information content (AvgIpc) is 2.79. The van der Waals surface area contributed by atoms with Crippen LogP contribution in [0.4, 0.5) is 0 Å². The van der Waals surface area contributed by atoms with Crippen molar-refractivity contribution in [3.63, 3.8) is 0 Å². The van der Waals surface area contributed by atoms with Gasteiger partial charge in [-0.15, -0.1) is 0 Å². The van der Waals surface area contributed by atoms with Gasteiger partial charge in [0.15, 0.2) is 5.11 Å². The summed E-state index contributed by atoms with van der Waals surface area (Å²) in [4.78, 5) is 13.0. The Balaban J connectivity index is 1.65. The van der Waals surface area contributed by atoms with Crippen molar-refractivity contribution in [1.29, 1.82) is 0 Å². The van der Waals surface area contributed by atoms with E-state index in [1.54, 1.807) is 18.2 Å². The van der Waals surface area contributed by atoms with E-state index in [9.17, 15) is 13.2 Å². The van der Waals surface area contributed by atoms with Gasteiger partial charge in [-0.2, -0.15) is 4.72 Å². The van der Waals surface area contributed by atoms with Crippen molar-refractivity contribution in [3.8, 4) is 0 Å². The van der Waals surface area contributed by atoms with Gasteiger partial charge in [-0.3, -0.25) is 15.6 Å². The highest BCUT2D eigenvalue weighted by molar-refractivity contribution is 7.89. The predicted octanol–water partition coefficient (Wildman–Crippen LogP) is 2.40. The van der Waals surface area contributed by atoms with Gasteiger partial charge in [-0.05, 0) is 49.2 Å². The first kappa shape index (κ1) is 23.2. The molecule has 2 aromatic carbocycles. The number of nitrogens with one attached hydrogen (secondary N) is 4. The van der Waals surface area contributed by atoms with Crippen molar-refractivity contribution in [3.05, 3.63) is 66.2 Å². The van der Waals surface area contributed by atoms with E-state index in [0.717, 1.165) is 31.2 Å². The van der Waals surface area contributed by atoms with E-state index < -0.39 is 22.0 Å². The monoisotopic (exact) mass is 460 g/mol. The van der Waals surface area contributed by atoms with Crippen LogP contribution in [0.1, 0.15) is 37.7 Å². The molecule has 0 radical (unpaired) electrons. The number of thiocarbonyl (C=S) groups is 1. The number of hydrazine groups is 1. The third-order valence-corrected chi connectivity index (χ3v) is 6.90. The van der Waals surface area contributed by atoms with E-state index in [4.69, 9.17) is 12.2 Å². The van der Waals surface area contributed by atoms with Crippen LogP contribution in [0, 0.1) is 0 Å². The van der Waals surface area contributed by atoms with E-state index in [0.29, 0.717) is 11.2 Å². The lowest BCUT2D eigenvalue weighted by atomic mass is 9.96. The zero-order chi connectivity index (χ0) is 22.1. The second-order valence-corrected chi connectivity index (χ2v) is 9.72. The quantitative estimate of drug-likeness (QED) is 0.374. The van der Waals surface area contributed by atoms with Crippen LogP contribution in [-0.2, 0) is 21.2 Å². The number of hydrogen-bond acceptors (Lipinski definition) is 4. The normalized spacial score (nSPS) is 15.6. The third-order valence-electron chi connectivity index (χ3n) is 5.19. The summed E-state index contributed by atoms with van der Waals surface area (Å²) in [6.07, 6.45) is 5.84. The fourth-order valence-corrected chi connectivity index (χ4v) is 5.00. The Labute approximate surface area is 189 Å². The number of sulfonamides is 1. The van der Waals surface area contributed by atoms with Crippen LogP contribution in [0.15, 0.2) is 65.6 Å². The van der Waals surface area contributed by atoms with Gasteiger partial charge >= 0.3 is 0 Å². The number of hydrogen-bond donors (Lipinski definition) is 4. The number of carbonyl (C=O) groups is 1. The highest BCUT2D eigenvalue weighted by Crippen LogP contribution is 2.17. The lowest BCUT2D eigenvalue weighted by Crippen LogP contribution is -2.55. The minimum atomic E-state index is -3.87. The first-order valence-electron chi connectivity index (χ1n) is 10.4. The molecule has 1 aliphatic carbocycles. The minimum absolute atomic E-state index is 0.100. The SMILES string of the molecule is O=C(NNC(=S)NC1CCCCC1)[C@@H](Cc1ccccc1)NS(=O)(=O)c1ccccc1. The lowest BCUT2D eigenvalue weighted by Gasteiger charge is -2.25. The molecule has 4 N–H and O–H groups in total. The molecular weight excluding hydrogens is 432 g/mol. The molecule has 1 atom stereocenters. The average molecular weight is 461 g/mol. The highest BCUT2D eigenvalue weighted by Gasteiger charge is 2.26. The van der Waals surface area contributed by atoms with Crippen LogP contribution in [0.5, 0.6) is 0 Å². The second kappa shape index (κ2) is 11.2. The Morgan fingerprint density at radius 2 is 1.55 bits per heavy atom. The van der Waals surface area contributed by atoms with Crippen molar-refractivity contribution in [1.82, 2.24) is 20.9 Å². The molecule has 1 aliphatic rings. The molecule has 0 spiro atoms. The van der Waals surface area contributed by atoms with Crippen LogP contribution in [-0.4, -0.2) is 31.5 Å². The summed E-state index contributed by atoms with van der Waals surface area (Å²) in [5.74, 6) is -0.517. The summed E-state index contributed by atoms with van der Waals surface area (Å²) in [6.45, 7) is 0. The summed E-state index contributed by atoms with van der Waals surface area (Å²) >= 11 is 5.28. The summed E-state index contributed by atoms with van der Waals surface area (Å²) in [7, 11) is -3.87. The molecule has 9 heteroatoms. The summed E-state index contributed by atoms with van der Waals surface area (Å²) < 4.78 is 28.1. The minimum Gasteiger partial charge on any atom is -0.359 e. The standard InChI is InChI=1S/C22H28N4O3S2/c27-21(24-25-22(30)23-18-12-6-2-7-13-18)20(16-17-10-4-1-5-11-17)26-31(28,29)19-14-8-3-9-15-19/h1,3-5,8-11,14-15,18,20,26H,2,6-7,12-13,16H2,(H,24,27)(H2,23,25,30)/t20-/m1/s1. The van der Waals surface area contributed by atoms with Gasteiger partial charge in [0.2, 0.25) is 10.0 Å². The first-order chi connectivity index (χ1) is 14.9. The van der Waals surface area contributed by atoms with Gasteiger partial charge in [0, 0.05) is 6.04 Å². The van der Waals surface area contributed by atoms with E-state index >= 15 is 0 Å². The van der Waals surface area contributed by atoms with Crippen LogP contribution >= 0.6 is 12.2 Å². The number of carbonyl (C=O) groups excluding carboxylic acids is 1. The largest absolute Gasteiger partial charge is 0.359 e. The first-order valence-corrected chi connectivity index (χ1v) is 12.3. The molecule has 0 unspecified atom stereocenters. The van der Waals surface area contributed by atoms with Crippen LogP contribution in [0.3, 0.4) is 0 Å². The summed E-state index contributed by atoms with van der Waals surface area (Å²) in [5, 5.41) is 3.53. The van der Waals surface area contributed by atoms with Gasteiger partial charge in [0.25, 0.3) is 5.91 Å². The Morgan fingerprint density at radius 1 is 0.935 bits per heavy atom. The van der Waals surface area contributed by atoms with Crippen molar-refractivity contribution in [2.75, 3.05) is 0 Å². The summed E-state index contributed by atoms with van der Waals surface area (Å²) in [6, 6.07) is 16.5. The van der Waals surface area contributed by atoms with E-state index in [1.807, 2.05) is 30.3 Å². The molecule has 0 aromatic heterocycles. The maximum absolute atomic E-state index is 12.9. The van der Waals surface area contributed by atoms with E-state index in [1.165, 1.54) is 18.6 Å². The van der Waals surface area contributed by atoms with Crippen LogP contribution in [0.2, 0.25) is 0 Å². The molecule has 1 amide bonds. The number of benzene rings is 2. The van der Waals surface area contributed by atoms with Crippen molar-refractivity contribution in [2.45, 2.75) is 55.5 Å². The van der Waals surface area contributed by atoms with Gasteiger partial charge < -0.3 is 5.32 Å². The van der Waals surface area contributed by atoms with Gasteiger partial charge in [-0.1, -0.05) is 67.8 Å². The maximum atomic E-state index is 12.9. The Morgan fingerprint density at radius 3 is 2.19 bits per heavy atom. The molecule has 0 bridgehead atoms. The smallest absolute Gasteiger partial charge is 0.256 e. The number of amides is 1. The van der Waals surface area contributed by atoms with Gasteiger partial charge in [0.05, 0.1) is 4.90 Å². The Hall–Kier alpha value is -2.49. The number of rotatable bonds is 7. The van der Waals surface area contributed by atoms with E-state index in [-0.39, 0.29) is 11.3 Å². The molecule has 1 saturated carbocycles. The van der Waals surface area contributed by atoms with Gasteiger partial charge in [-0.25, -0.2) is 8.42 Å². The van der Waals surface area contributed by atoms with Gasteiger partial charge in [0.1, 0.15) is 6.04 Å². The fraction of sp³-hybridized carbons (Fsp3) is 0.364. The van der Waals surface area contributed by atoms with E-state index in [2.05, 4.69) is 20.9 Å². The van der Waals surface area contributed by atoms with Crippen LogP contribution < -0.4 is 20.9 Å². The Kier molecular flexibility index (Phi) is 8.39. The molecule has 0 aliphatic heterocycles. The Bertz CT molecular complexity index is 963. The lowest BCUT2D eigenvalue weighted by molar-refractivity contribution is -0.123. The molecule has 3 rings (SSSR count).